The van der Waals surface area contributed by atoms with Gasteiger partial charge in [-0.15, -0.1) is 11.4 Å². The molecule has 1 aliphatic heterocycles. The minimum atomic E-state index is -1.54. The molecule has 1 unspecified atom stereocenters. The van der Waals surface area contributed by atoms with Gasteiger partial charge in [0.05, 0.1) is 5.39 Å². The third kappa shape index (κ3) is 2.53. The van der Waals surface area contributed by atoms with E-state index in [-0.39, 0.29) is 0 Å². The number of benzene rings is 1. The molecule has 0 radical (unpaired) electrons. The van der Waals surface area contributed by atoms with Crippen molar-refractivity contribution in [3.63, 3.8) is 0 Å². The lowest BCUT2D eigenvalue weighted by molar-refractivity contribution is 0.375. The van der Waals surface area contributed by atoms with E-state index in [9.17, 15) is 0 Å². The molecule has 1 atom stereocenters. The van der Waals surface area contributed by atoms with Crippen molar-refractivity contribution in [2.75, 3.05) is 19.3 Å². The van der Waals surface area contributed by atoms with Crippen LogP contribution in [0.3, 0.4) is 0 Å². The first-order chi connectivity index (χ1) is 7.77. The molecule has 0 aromatic heterocycles. The predicted octanol–water partition coefficient (Wildman–Crippen LogP) is 3.47. The Labute approximate surface area is 107 Å². The molecule has 1 aromatic carbocycles. The molecule has 4 heteroatoms. The SMILES string of the molecule is CSP(=S)(c1ccccc1)N1CCCCC1. The fourth-order valence-electron chi connectivity index (χ4n) is 2.14. The lowest BCUT2D eigenvalue weighted by Crippen LogP contribution is -2.29. The van der Waals surface area contributed by atoms with Crippen LogP contribution in [0.1, 0.15) is 19.3 Å². The van der Waals surface area contributed by atoms with Gasteiger partial charge in [-0.1, -0.05) is 48.6 Å². The van der Waals surface area contributed by atoms with Crippen LogP contribution in [0.15, 0.2) is 30.3 Å². The van der Waals surface area contributed by atoms with E-state index in [2.05, 4.69) is 41.3 Å². The maximum Gasteiger partial charge on any atom is 0.0949 e. The molecule has 0 amide bonds. The molecule has 2 rings (SSSR count). The van der Waals surface area contributed by atoms with Crippen molar-refractivity contribution in [2.24, 2.45) is 0 Å². The zero-order valence-electron chi connectivity index (χ0n) is 9.63. The zero-order chi connectivity index (χ0) is 11.4. The first-order valence-electron chi connectivity index (χ1n) is 5.74. The first kappa shape index (κ1) is 12.6. The quantitative estimate of drug-likeness (QED) is 0.775. The predicted molar refractivity (Wildman–Crippen MR) is 79.3 cm³/mol. The van der Waals surface area contributed by atoms with Crippen molar-refractivity contribution in [3.05, 3.63) is 30.3 Å². The topological polar surface area (TPSA) is 3.24 Å². The van der Waals surface area contributed by atoms with Gasteiger partial charge in [0.1, 0.15) is 0 Å². The van der Waals surface area contributed by atoms with E-state index < -0.39 is 5.39 Å². The summed E-state index contributed by atoms with van der Waals surface area (Å²) in [5.41, 5.74) is 0. The van der Waals surface area contributed by atoms with E-state index in [4.69, 9.17) is 11.8 Å². The molecule has 0 bridgehead atoms. The van der Waals surface area contributed by atoms with E-state index in [0.29, 0.717) is 0 Å². The fourth-order valence-corrected chi connectivity index (χ4v) is 7.30. The summed E-state index contributed by atoms with van der Waals surface area (Å²) in [5.74, 6) is 0. The molecule has 1 aromatic rings. The van der Waals surface area contributed by atoms with Crippen LogP contribution in [0.25, 0.3) is 0 Å². The van der Waals surface area contributed by atoms with Gasteiger partial charge < -0.3 is 0 Å². The van der Waals surface area contributed by atoms with Crippen LogP contribution in [0, 0.1) is 0 Å². The zero-order valence-corrected chi connectivity index (χ0v) is 12.2. The average molecular weight is 271 g/mol. The Morgan fingerprint density at radius 1 is 1.12 bits per heavy atom. The number of hydrogen-bond donors (Lipinski definition) is 0. The van der Waals surface area contributed by atoms with E-state index in [1.165, 1.54) is 37.7 Å². The highest BCUT2D eigenvalue weighted by Gasteiger charge is 2.27. The largest absolute Gasteiger partial charge is 0.264 e. The molecule has 0 aliphatic carbocycles. The van der Waals surface area contributed by atoms with Gasteiger partial charge in [-0.2, -0.15) is 0 Å². The van der Waals surface area contributed by atoms with Crippen LogP contribution in [-0.4, -0.2) is 24.0 Å². The number of rotatable bonds is 3. The van der Waals surface area contributed by atoms with Crippen LogP contribution in [0.4, 0.5) is 0 Å². The molecule has 0 saturated carbocycles. The van der Waals surface area contributed by atoms with Gasteiger partial charge >= 0.3 is 0 Å². The Balaban J connectivity index is 2.28. The Kier molecular flexibility index (Phi) is 4.48. The van der Waals surface area contributed by atoms with Crippen molar-refractivity contribution >= 4 is 33.9 Å². The van der Waals surface area contributed by atoms with Gasteiger partial charge in [-0.25, -0.2) is 0 Å². The van der Waals surface area contributed by atoms with Crippen LogP contribution >= 0.6 is 16.8 Å². The van der Waals surface area contributed by atoms with Crippen molar-refractivity contribution in [2.45, 2.75) is 19.3 Å². The molecule has 0 spiro atoms. The smallest absolute Gasteiger partial charge is 0.0949 e. The van der Waals surface area contributed by atoms with E-state index in [0.717, 1.165) is 0 Å². The summed E-state index contributed by atoms with van der Waals surface area (Å²) in [4.78, 5) is 0. The van der Waals surface area contributed by atoms with Gasteiger partial charge in [0.15, 0.2) is 0 Å². The van der Waals surface area contributed by atoms with Crippen molar-refractivity contribution in [1.29, 1.82) is 0 Å². The molecule has 1 nitrogen and oxygen atoms in total. The third-order valence-electron chi connectivity index (χ3n) is 3.03. The Morgan fingerprint density at radius 3 is 2.31 bits per heavy atom. The maximum absolute atomic E-state index is 5.99. The maximum atomic E-state index is 5.99. The molecule has 1 aliphatic rings. The number of hydrogen-bond acceptors (Lipinski definition) is 2. The van der Waals surface area contributed by atoms with Gasteiger partial charge in [-0.05, 0) is 19.1 Å². The molecule has 1 saturated heterocycles. The summed E-state index contributed by atoms with van der Waals surface area (Å²) in [6.45, 7) is 2.38. The van der Waals surface area contributed by atoms with E-state index >= 15 is 0 Å². The Hall–Kier alpha value is 0.180. The van der Waals surface area contributed by atoms with Gasteiger partial charge in [0, 0.05) is 18.4 Å². The minimum absolute atomic E-state index is 1.19. The summed E-state index contributed by atoms with van der Waals surface area (Å²) in [7, 11) is 0. The minimum Gasteiger partial charge on any atom is -0.264 e. The van der Waals surface area contributed by atoms with Crippen molar-refractivity contribution in [3.8, 4) is 0 Å². The lowest BCUT2D eigenvalue weighted by atomic mass is 10.2. The molecule has 0 N–H and O–H groups in total. The normalized spacial score (nSPS) is 21.6. The highest BCUT2D eigenvalue weighted by Crippen LogP contribution is 2.60. The highest BCUT2D eigenvalue weighted by atomic mass is 32.9. The van der Waals surface area contributed by atoms with Gasteiger partial charge in [0.2, 0.25) is 0 Å². The van der Waals surface area contributed by atoms with Gasteiger partial charge in [0.25, 0.3) is 0 Å². The summed E-state index contributed by atoms with van der Waals surface area (Å²) in [6, 6.07) is 10.7. The van der Waals surface area contributed by atoms with Crippen LogP contribution in [0.5, 0.6) is 0 Å². The standard InChI is InChI=1S/C12H18NPS2/c1-16-14(15,12-8-4-2-5-9-12)13-10-6-3-7-11-13/h2,4-5,8-9H,3,6-7,10-11H2,1H3. The molecular formula is C12H18NPS2. The van der Waals surface area contributed by atoms with Crippen molar-refractivity contribution < 1.29 is 0 Å². The summed E-state index contributed by atoms with van der Waals surface area (Å²) in [6.07, 6.45) is 6.16. The third-order valence-corrected chi connectivity index (χ3v) is 11.1. The van der Waals surface area contributed by atoms with E-state index in [1.54, 1.807) is 0 Å². The van der Waals surface area contributed by atoms with Crippen LogP contribution in [-0.2, 0) is 11.8 Å². The van der Waals surface area contributed by atoms with Crippen LogP contribution < -0.4 is 5.30 Å². The summed E-state index contributed by atoms with van der Waals surface area (Å²) >= 11 is 7.87. The fraction of sp³-hybridized carbons (Fsp3) is 0.500. The van der Waals surface area contributed by atoms with Crippen LogP contribution in [0.2, 0.25) is 0 Å². The molecular weight excluding hydrogens is 253 g/mol. The van der Waals surface area contributed by atoms with Gasteiger partial charge in [-0.3, -0.25) is 4.67 Å². The lowest BCUT2D eigenvalue weighted by Gasteiger charge is -2.36. The summed E-state index contributed by atoms with van der Waals surface area (Å²) < 4.78 is 2.56. The molecule has 1 heterocycles. The molecule has 16 heavy (non-hydrogen) atoms. The second kappa shape index (κ2) is 5.68. The monoisotopic (exact) mass is 271 g/mol. The average Bonchev–Trinajstić information content (AvgIpc) is 2.40. The Bertz CT molecular complexity index is 374. The Morgan fingerprint density at radius 2 is 1.75 bits per heavy atom. The highest BCUT2D eigenvalue weighted by molar-refractivity contribution is 8.72. The van der Waals surface area contributed by atoms with Crippen molar-refractivity contribution in [1.82, 2.24) is 4.67 Å². The summed E-state index contributed by atoms with van der Waals surface area (Å²) in [5, 5.41) is -0.184. The first-order valence-corrected chi connectivity index (χ1v) is 10.3. The second-order valence-electron chi connectivity index (χ2n) is 4.05. The molecule has 1 fully saturated rings. The molecule has 88 valence electrons. The van der Waals surface area contributed by atoms with E-state index in [1.807, 2.05) is 11.4 Å². The number of nitrogens with zero attached hydrogens (tertiary/aromatic N) is 1. The number of piperidine rings is 1. The second-order valence-corrected chi connectivity index (χ2v) is 11.5.